The number of nitrogens with zero attached hydrogens (tertiary/aromatic N) is 3. The van der Waals surface area contributed by atoms with Crippen molar-refractivity contribution in [2.45, 2.75) is 18.4 Å². The molecule has 2 aromatic rings. The molecule has 0 spiro atoms. The molecule has 0 bridgehead atoms. The molecular weight excluding hydrogens is 318 g/mol. The summed E-state index contributed by atoms with van der Waals surface area (Å²) in [5.74, 6) is 0.0153. The van der Waals surface area contributed by atoms with Crippen LogP contribution in [0.5, 0.6) is 0 Å². The molecule has 20 heavy (non-hydrogen) atoms. The molecule has 0 aliphatic rings. The molecule has 0 atom stereocenters. The van der Waals surface area contributed by atoms with Crippen molar-refractivity contribution in [1.82, 2.24) is 13.7 Å². The van der Waals surface area contributed by atoms with Crippen LogP contribution in [0.25, 0.3) is 0 Å². The molecule has 0 radical (unpaired) electrons. The lowest BCUT2D eigenvalue weighted by atomic mass is 10.5. The van der Waals surface area contributed by atoms with E-state index >= 15 is 0 Å². The van der Waals surface area contributed by atoms with E-state index in [4.69, 9.17) is 5.73 Å². The Bertz CT molecular complexity index is 704. The third-order valence-electron chi connectivity index (χ3n) is 2.48. The number of nitrogen functional groups attached to an aromatic ring is 1. The monoisotopic (exact) mass is 333 g/mol. The standard InChI is InChI=1S/C10H15N5O2S3/c1-6-5-18-7(13-6)4-12-10-8(9(11)14-19-10)20(16,17)15(2)3/h5,12H,4H2,1-3H3,(H2,11,14). The molecule has 3 N–H and O–H groups in total. The predicted molar refractivity (Wildman–Crippen MR) is 81.6 cm³/mol. The second-order valence-corrected chi connectivity index (χ2v) is 8.05. The second kappa shape index (κ2) is 5.64. The van der Waals surface area contributed by atoms with Crippen LogP contribution < -0.4 is 11.1 Å². The first-order valence-electron chi connectivity index (χ1n) is 5.65. The molecule has 2 heterocycles. The Hall–Kier alpha value is -1.23. The van der Waals surface area contributed by atoms with Gasteiger partial charge in [-0.05, 0) is 18.5 Å². The Morgan fingerprint density at radius 2 is 2.15 bits per heavy atom. The highest BCUT2D eigenvalue weighted by Gasteiger charge is 2.27. The van der Waals surface area contributed by atoms with Crippen LogP contribution in [0, 0.1) is 6.92 Å². The number of hydrogen-bond acceptors (Lipinski definition) is 8. The van der Waals surface area contributed by atoms with Crippen molar-refractivity contribution >= 4 is 43.7 Å². The van der Waals surface area contributed by atoms with E-state index in [0.717, 1.165) is 26.5 Å². The van der Waals surface area contributed by atoms with Crippen molar-refractivity contribution in [2.24, 2.45) is 0 Å². The highest BCUT2D eigenvalue weighted by atomic mass is 32.2. The third-order valence-corrected chi connectivity index (χ3v) is 6.29. The Labute approximate surface area is 125 Å². The van der Waals surface area contributed by atoms with Gasteiger partial charge in [0.25, 0.3) is 0 Å². The van der Waals surface area contributed by atoms with Crippen LogP contribution in [0.15, 0.2) is 10.3 Å². The lowest BCUT2D eigenvalue weighted by Gasteiger charge is -2.12. The van der Waals surface area contributed by atoms with Crippen molar-refractivity contribution in [3.63, 3.8) is 0 Å². The van der Waals surface area contributed by atoms with E-state index < -0.39 is 10.0 Å². The van der Waals surface area contributed by atoms with Crippen LogP contribution in [0.4, 0.5) is 10.8 Å². The molecule has 10 heteroatoms. The summed E-state index contributed by atoms with van der Waals surface area (Å²) in [5.41, 5.74) is 6.62. The molecule has 0 aromatic carbocycles. The zero-order valence-electron chi connectivity index (χ0n) is 11.2. The quantitative estimate of drug-likeness (QED) is 0.856. The number of anilines is 2. The summed E-state index contributed by atoms with van der Waals surface area (Å²) in [5, 5.41) is 6.29. The zero-order valence-corrected chi connectivity index (χ0v) is 13.7. The SMILES string of the molecule is Cc1csc(CNc2snc(N)c2S(=O)(=O)N(C)C)n1. The topological polar surface area (TPSA) is 101 Å². The van der Waals surface area contributed by atoms with E-state index in [9.17, 15) is 8.42 Å². The number of hydrogen-bond donors (Lipinski definition) is 2. The average Bonchev–Trinajstić information content (AvgIpc) is 2.93. The number of thiazole rings is 1. The second-order valence-electron chi connectivity index (χ2n) is 4.25. The van der Waals surface area contributed by atoms with Crippen LogP contribution >= 0.6 is 22.9 Å². The van der Waals surface area contributed by atoms with Gasteiger partial charge in [0.15, 0.2) is 10.7 Å². The van der Waals surface area contributed by atoms with E-state index in [1.165, 1.54) is 25.4 Å². The molecule has 0 amide bonds. The number of sulfonamides is 1. The first-order valence-corrected chi connectivity index (χ1v) is 8.74. The maximum Gasteiger partial charge on any atom is 0.249 e. The van der Waals surface area contributed by atoms with Gasteiger partial charge in [-0.15, -0.1) is 11.3 Å². The van der Waals surface area contributed by atoms with E-state index in [0.29, 0.717) is 11.5 Å². The Balaban J connectivity index is 2.26. The lowest BCUT2D eigenvalue weighted by Crippen LogP contribution is -2.23. The maximum atomic E-state index is 12.2. The Morgan fingerprint density at radius 3 is 2.70 bits per heavy atom. The van der Waals surface area contributed by atoms with Crippen LogP contribution in [0.1, 0.15) is 10.7 Å². The first-order chi connectivity index (χ1) is 9.32. The van der Waals surface area contributed by atoms with Crippen molar-refractivity contribution in [1.29, 1.82) is 0 Å². The summed E-state index contributed by atoms with van der Waals surface area (Å²) in [6.45, 7) is 2.35. The number of aryl methyl sites for hydroxylation is 1. The largest absolute Gasteiger partial charge is 0.382 e. The van der Waals surface area contributed by atoms with E-state index in [2.05, 4.69) is 14.7 Å². The van der Waals surface area contributed by atoms with Crippen LogP contribution in [0.2, 0.25) is 0 Å². The summed E-state index contributed by atoms with van der Waals surface area (Å²) in [7, 11) is -0.700. The zero-order chi connectivity index (χ0) is 14.9. The molecule has 2 rings (SSSR count). The van der Waals surface area contributed by atoms with E-state index in [1.54, 1.807) is 0 Å². The number of nitrogens with two attached hydrogens (primary N) is 1. The number of nitrogens with one attached hydrogen (secondary N) is 1. The number of rotatable bonds is 5. The van der Waals surface area contributed by atoms with Crippen molar-refractivity contribution in [3.05, 3.63) is 16.1 Å². The summed E-state index contributed by atoms with van der Waals surface area (Å²) in [6, 6.07) is 0. The van der Waals surface area contributed by atoms with Crippen molar-refractivity contribution in [2.75, 3.05) is 25.1 Å². The maximum absolute atomic E-state index is 12.2. The summed E-state index contributed by atoms with van der Waals surface area (Å²) in [6.07, 6.45) is 0. The van der Waals surface area contributed by atoms with Gasteiger partial charge in [0.2, 0.25) is 10.0 Å². The predicted octanol–water partition coefficient (Wildman–Crippen LogP) is 1.35. The molecule has 7 nitrogen and oxygen atoms in total. The normalized spacial score (nSPS) is 12.0. The molecule has 2 aromatic heterocycles. The van der Waals surface area contributed by atoms with Gasteiger partial charge in [-0.1, -0.05) is 0 Å². The summed E-state index contributed by atoms with van der Waals surface area (Å²) < 4.78 is 29.5. The van der Waals surface area contributed by atoms with Crippen LogP contribution in [0.3, 0.4) is 0 Å². The van der Waals surface area contributed by atoms with Gasteiger partial charge in [0, 0.05) is 25.2 Å². The Morgan fingerprint density at radius 1 is 1.45 bits per heavy atom. The van der Waals surface area contributed by atoms with E-state index in [-0.39, 0.29) is 10.7 Å². The van der Waals surface area contributed by atoms with Gasteiger partial charge in [-0.3, -0.25) is 0 Å². The molecule has 0 unspecified atom stereocenters. The summed E-state index contributed by atoms with van der Waals surface area (Å²) >= 11 is 2.55. The molecular formula is C10H15N5O2S3. The van der Waals surface area contributed by atoms with Gasteiger partial charge < -0.3 is 11.1 Å². The smallest absolute Gasteiger partial charge is 0.249 e. The molecule has 0 saturated carbocycles. The van der Waals surface area contributed by atoms with E-state index in [1.807, 2.05) is 12.3 Å². The highest BCUT2D eigenvalue weighted by Crippen LogP contribution is 2.33. The van der Waals surface area contributed by atoms with Gasteiger partial charge in [-0.25, -0.2) is 17.7 Å². The molecule has 110 valence electrons. The van der Waals surface area contributed by atoms with Crippen molar-refractivity contribution < 1.29 is 8.42 Å². The average molecular weight is 333 g/mol. The Kier molecular flexibility index (Phi) is 4.28. The fourth-order valence-corrected chi connectivity index (χ4v) is 4.26. The molecule has 0 saturated heterocycles. The lowest BCUT2D eigenvalue weighted by molar-refractivity contribution is 0.521. The first kappa shape index (κ1) is 15.2. The van der Waals surface area contributed by atoms with Crippen molar-refractivity contribution in [3.8, 4) is 0 Å². The van der Waals surface area contributed by atoms with Crippen LogP contribution in [-0.4, -0.2) is 36.2 Å². The fraction of sp³-hybridized carbons (Fsp3) is 0.400. The molecule has 0 fully saturated rings. The minimum absolute atomic E-state index is 0.0153. The minimum atomic E-state index is -3.62. The molecule has 0 aliphatic heterocycles. The van der Waals surface area contributed by atoms with Gasteiger partial charge in [0.1, 0.15) is 10.0 Å². The number of aromatic nitrogens is 2. The minimum Gasteiger partial charge on any atom is -0.382 e. The fourth-order valence-electron chi connectivity index (χ4n) is 1.48. The van der Waals surface area contributed by atoms with Gasteiger partial charge in [-0.2, -0.15) is 4.37 Å². The third kappa shape index (κ3) is 2.92. The van der Waals surface area contributed by atoms with Gasteiger partial charge in [0.05, 0.1) is 6.54 Å². The highest BCUT2D eigenvalue weighted by molar-refractivity contribution is 7.89. The summed E-state index contributed by atoms with van der Waals surface area (Å²) in [4.78, 5) is 4.34. The van der Waals surface area contributed by atoms with Gasteiger partial charge >= 0.3 is 0 Å². The molecule has 0 aliphatic carbocycles. The van der Waals surface area contributed by atoms with Crippen LogP contribution in [-0.2, 0) is 16.6 Å².